The number of hydrogen-bond acceptors (Lipinski definition) is 3. The Bertz CT molecular complexity index is 573. The molecule has 0 radical (unpaired) electrons. The number of fused-ring (bicyclic) bond motifs is 3. The molecule has 3 rings (SSSR count). The van der Waals surface area contributed by atoms with Crippen LogP contribution in [-0.4, -0.2) is 38.1 Å². The van der Waals surface area contributed by atoms with Gasteiger partial charge in [0.15, 0.2) is 11.7 Å². The van der Waals surface area contributed by atoms with E-state index in [0.29, 0.717) is 3.89 Å². The Kier molecular flexibility index (Phi) is 5.04. The summed E-state index contributed by atoms with van der Waals surface area (Å²) < 4.78 is 6.03. The number of nitrogens with zero attached hydrogens (tertiary/aromatic N) is 2. The summed E-state index contributed by atoms with van der Waals surface area (Å²) in [6.45, 7) is 2.08. The molecule has 0 aromatic heterocycles. The Balaban J connectivity index is 0.00000161. The van der Waals surface area contributed by atoms with E-state index in [4.69, 9.17) is 17.6 Å². The first-order valence-electron chi connectivity index (χ1n) is 7.00. The highest BCUT2D eigenvalue weighted by Gasteiger charge is 2.47. The summed E-state index contributed by atoms with van der Waals surface area (Å²) in [5.41, 5.74) is 3.78. The maximum absolute atomic E-state index is 5.38. The van der Waals surface area contributed by atoms with Crippen LogP contribution in [0.5, 0.6) is 0 Å². The van der Waals surface area contributed by atoms with Crippen molar-refractivity contribution < 1.29 is 4.74 Å². The van der Waals surface area contributed by atoms with Gasteiger partial charge in [0.2, 0.25) is 0 Å². The summed E-state index contributed by atoms with van der Waals surface area (Å²) in [5, 5.41) is 0. The van der Waals surface area contributed by atoms with Crippen molar-refractivity contribution in [1.29, 1.82) is 0 Å². The van der Waals surface area contributed by atoms with Crippen LogP contribution in [0.15, 0.2) is 42.9 Å². The smallest absolute Gasteiger partial charge is 0.156 e. The lowest BCUT2D eigenvalue weighted by Crippen LogP contribution is -2.46. The van der Waals surface area contributed by atoms with Crippen molar-refractivity contribution in [3.05, 3.63) is 48.4 Å². The molecule has 2 atom stereocenters. The quantitative estimate of drug-likeness (QED) is 0.672. The van der Waals surface area contributed by atoms with Crippen molar-refractivity contribution in [1.82, 2.24) is 8.79 Å². The van der Waals surface area contributed by atoms with E-state index >= 15 is 0 Å². The molecule has 2 aliphatic heterocycles. The lowest BCUT2D eigenvalue weighted by Gasteiger charge is -2.33. The van der Waals surface area contributed by atoms with Crippen LogP contribution in [0.4, 0.5) is 5.69 Å². The molecule has 1 aromatic carbocycles. The van der Waals surface area contributed by atoms with E-state index in [2.05, 4.69) is 49.3 Å². The minimum Gasteiger partial charge on any atom is -0.472 e. The molecule has 0 N–H and O–H groups in total. The van der Waals surface area contributed by atoms with Crippen LogP contribution in [0.1, 0.15) is 12.0 Å². The van der Waals surface area contributed by atoms with E-state index < -0.39 is 0 Å². The van der Waals surface area contributed by atoms with Gasteiger partial charge in [-0.1, -0.05) is 12.1 Å². The third-order valence-electron chi connectivity index (χ3n) is 4.05. The first kappa shape index (κ1) is 16.4. The lowest BCUT2D eigenvalue weighted by atomic mass is 10.0. The Morgan fingerprint density at radius 2 is 2.05 bits per heavy atom. The first-order valence-corrected chi connectivity index (χ1v) is 7.40. The molecular weight excluding hydrogens is 304 g/mol. The van der Waals surface area contributed by atoms with Crippen molar-refractivity contribution in [3.8, 4) is 0 Å². The van der Waals surface area contributed by atoms with Gasteiger partial charge in [-0.25, -0.2) is 3.89 Å². The molecule has 0 saturated carbocycles. The summed E-state index contributed by atoms with van der Waals surface area (Å²) in [4.78, 5) is 2.22. The molecule has 0 saturated heterocycles. The molecule has 0 amide bonds. The van der Waals surface area contributed by atoms with Crippen LogP contribution in [-0.2, 0) is 4.74 Å². The van der Waals surface area contributed by atoms with Gasteiger partial charge in [-0.15, -0.1) is 12.4 Å². The monoisotopic (exact) mass is 325 g/mol. The highest BCUT2D eigenvalue weighted by atomic mass is 35.5. The van der Waals surface area contributed by atoms with Crippen LogP contribution >= 0.6 is 25.2 Å². The minimum atomic E-state index is 0. The zero-order valence-electron chi connectivity index (χ0n) is 12.4. The number of benzene rings is 1. The number of halogens is 1. The summed E-state index contributed by atoms with van der Waals surface area (Å²) in [7, 11) is 4.22. The first-order chi connectivity index (χ1) is 9.63. The van der Waals surface area contributed by atoms with Crippen LogP contribution in [0.2, 0.25) is 0 Å². The molecule has 2 unspecified atom stereocenters. The SMILES string of the molecule is CN(C)CCC[N+]1(S)c2ccccc2C2=COC=CC21.Cl. The Labute approximate surface area is 138 Å². The third-order valence-corrected chi connectivity index (χ3v) is 4.71. The number of rotatable bonds is 4. The van der Waals surface area contributed by atoms with Gasteiger partial charge < -0.3 is 9.64 Å². The van der Waals surface area contributed by atoms with Gasteiger partial charge in [0.05, 0.1) is 31.2 Å². The Hall–Kier alpha value is -0.940. The second-order valence-corrected chi connectivity index (χ2v) is 6.42. The van der Waals surface area contributed by atoms with E-state index in [1.165, 1.54) is 16.8 Å². The summed E-state index contributed by atoms with van der Waals surface area (Å²) >= 11 is 5.06. The van der Waals surface area contributed by atoms with Gasteiger partial charge in [-0.2, -0.15) is 0 Å². The predicted octanol–water partition coefficient (Wildman–Crippen LogP) is 3.48. The second-order valence-electron chi connectivity index (χ2n) is 5.71. The zero-order chi connectivity index (χ0) is 14.2. The van der Waals surface area contributed by atoms with Crippen molar-refractivity contribution in [2.75, 3.05) is 27.2 Å². The number of para-hydroxylation sites is 1. The van der Waals surface area contributed by atoms with Gasteiger partial charge in [-0.3, -0.25) is 0 Å². The lowest BCUT2D eigenvalue weighted by molar-refractivity contribution is 0.352. The maximum Gasteiger partial charge on any atom is 0.156 e. The summed E-state index contributed by atoms with van der Waals surface area (Å²) in [6.07, 6.45) is 6.88. The normalized spacial score (nSPS) is 25.7. The van der Waals surface area contributed by atoms with E-state index in [1.807, 2.05) is 6.26 Å². The van der Waals surface area contributed by atoms with Gasteiger partial charge >= 0.3 is 0 Å². The van der Waals surface area contributed by atoms with Crippen LogP contribution in [0, 0.1) is 0 Å². The van der Waals surface area contributed by atoms with Gasteiger partial charge in [0.25, 0.3) is 0 Å². The molecule has 21 heavy (non-hydrogen) atoms. The van der Waals surface area contributed by atoms with Crippen LogP contribution in [0.3, 0.4) is 0 Å². The second kappa shape index (κ2) is 6.44. The summed E-state index contributed by atoms with van der Waals surface area (Å²) in [5.74, 6) is 0. The maximum atomic E-state index is 5.38. The fourth-order valence-corrected chi connectivity index (χ4v) is 3.61. The molecule has 2 heterocycles. The fraction of sp³-hybridized carbons (Fsp3) is 0.375. The van der Waals surface area contributed by atoms with Crippen molar-refractivity contribution >= 4 is 36.5 Å². The highest BCUT2D eigenvalue weighted by Crippen LogP contribution is 2.49. The van der Waals surface area contributed by atoms with Gasteiger partial charge in [-0.05, 0) is 20.2 Å². The van der Waals surface area contributed by atoms with Crippen LogP contribution in [0.25, 0.3) is 5.57 Å². The van der Waals surface area contributed by atoms with E-state index in [-0.39, 0.29) is 18.4 Å². The largest absolute Gasteiger partial charge is 0.472 e. The molecule has 114 valence electrons. The minimum absolute atomic E-state index is 0. The van der Waals surface area contributed by atoms with Gasteiger partial charge in [0.1, 0.15) is 6.26 Å². The predicted molar refractivity (Wildman–Crippen MR) is 94.5 cm³/mol. The van der Waals surface area contributed by atoms with E-state index in [0.717, 1.165) is 19.5 Å². The summed E-state index contributed by atoms with van der Waals surface area (Å²) in [6, 6.07) is 8.78. The zero-order valence-corrected chi connectivity index (χ0v) is 14.1. The average Bonchev–Trinajstić information content (AvgIpc) is 2.70. The molecule has 2 aliphatic rings. The standard InChI is InChI=1S/C16H21N2OS.ClH/c1-17(2)9-5-10-18(20)15-7-4-3-6-13(15)14-12-19-11-8-16(14)18;/h3-4,6-8,11-12,16,20H,5,9-10H2,1-2H3;1H/q+1;. The van der Waals surface area contributed by atoms with Crippen molar-refractivity contribution in [2.45, 2.75) is 12.5 Å². The number of hydrogen-bond donors (Lipinski definition) is 1. The molecule has 5 heteroatoms. The van der Waals surface area contributed by atoms with Gasteiger partial charge in [0, 0.05) is 30.7 Å². The third kappa shape index (κ3) is 2.86. The van der Waals surface area contributed by atoms with Crippen LogP contribution < -0.4 is 3.89 Å². The fourth-order valence-electron chi connectivity index (χ4n) is 3.09. The molecular formula is C16H22ClN2OS+. The Morgan fingerprint density at radius 3 is 2.81 bits per heavy atom. The highest BCUT2D eigenvalue weighted by molar-refractivity contribution is 7.79. The molecule has 1 aromatic rings. The van der Waals surface area contributed by atoms with Crippen molar-refractivity contribution in [2.24, 2.45) is 0 Å². The van der Waals surface area contributed by atoms with E-state index in [1.54, 1.807) is 6.26 Å². The number of ether oxygens (including phenoxy) is 1. The molecule has 0 fully saturated rings. The molecule has 3 nitrogen and oxygen atoms in total. The molecule has 0 aliphatic carbocycles. The topological polar surface area (TPSA) is 12.5 Å². The average molecular weight is 326 g/mol. The number of thiol groups is 1. The molecule has 0 spiro atoms. The Morgan fingerprint density at radius 1 is 1.29 bits per heavy atom. The molecule has 0 bridgehead atoms. The van der Waals surface area contributed by atoms with E-state index in [9.17, 15) is 0 Å². The van der Waals surface area contributed by atoms with Crippen molar-refractivity contribution in [3.63, 3.8) is 0 Å². The number of quaternary nitrogens is 1.